The lowest BCUT2D eigenvalue weighted by Crippen LogP contribution is -2.27. The van der Waals surface area contributed by atoms with Crippen LogP contribution in [-0.2, 0) is 7.05 Å². The number of rotatable bonds is 3. The predicted octanol–water partition coefficient (Wildman–Crippen LogP) is 0.760. The summed E-state index contributed by atoms with van der Waals surface area (Å²) in [6.45, 7) is 1.86. The number of piperidine rings is 1. The van der Waals surface area contributed by atoms with Crippen LogP contribution in [0.25, 0.3) is 0 Å². The van der Waals surface area contributed by atoms with Crippen molar-refractivity contribution in [3.8, 4) is 0 Å². The Labute approximate surface area is 155 Å². The lowest BCUT2D eigenvalue weighted by atomic mass is 9.98. The number of aromatic nitrogens is 3. The Morgan fingerprint density at radius 3 is 2.59 bits per heavy atom. The Kier molecular flexibility index (Phi) is 4.23. The molecule has 1 aromatic heterocycles. The summed E-state index contributed by atoms with van der Waals surface area (Å²) in [7, 11) is 3.15. The topological polar surface area (TPSA) is 109 Å². The second-order valence-electron chi connectivity index (χ2n) is 6.83. The second-order valence-corrected chi connectivity index (χ2v) is 6.83. The molecule has 1 fully saturated rings. The Hall–Kier alpha value is -3.07. The smallest absolute Gasteiger partial charge is 0.261 e. The average Bonchev–Trinajstić information content (AvgIpc) is 3.15. The van der Waals surface area contributed by atoms with Gasteiger partial charge in [-0.2, -0.15) is 10.1 Å². The van der Waals surface area contributed by atoms with E-state index in [1.807, 2.05) is 0 Å². The SMILES string of the molecule is CN1C(=O)c2ccc(C(=O)Nc3nc(C4CCNCC4)nn3C)cc2C1=O. The van der Waals surface area contributed by atoms with Gasteiger partial charge in [0.2, 0.25) is 5.95 Å². The number of carbonyl (C=O) groups is 3. The average molecular weight is 368 g/mol. The summed E-state index contributed by atoms with van der Waals surface area (Å²) in [6.07, 6.45) is 1.93. The molecule has 2 aromatic rings. The predicted molar refractivity (Wildman–Crippen MR) is 96.7 cm³/mol. The molecule has 0 bridgehead atoms. The molecule has 3 amide bonds. The quantitative estimate of drug-likeness (QED) is 0.774. The number of aryl methyl sites for hydroxylation is 1. The lowest BCUT2D eigenvalue weighted by Gasteiger charge is -2.19. The van der Waals surface area contributed by atoms with Gasteiger partial charge < -0.3 is 5.32 Å². The highest BCUT2D eigenvalue weighted by molar-refractivity contribution is 6.22. The minimum absolute atomic E-state index is 0.239. The number of nitrogens with zero attached hydrogens (tertiary/aromatic N) is 4. The molecule has 4 rings (SSSR count). The zero-order valence-electron chi connectivity index (χ0n) is 15.2. The molecule has 0 unspecified atom stereocenters. The first-order valence-corrected chi connectivity index (χ1v) is 8.85. The Bertz CT molecular complexity index is 945. The molecule has 0 radical (unpaired) electrons. The van der Waals surface area contributed by atoms with Gasteiger partial charge in [0.05, 0.1) is 11.1 Å². The summed E-state index contributed by atoms with van der Waals surface area (Å²) < 4.78 is 1.55. The third kappa shape index (κ3) is 2.99. The third-order valence-corrected chi connectivity index (χ3v) is 5.06. The van der Waals surface area contributed by atoms with Crippen molar-refractivity contribution in [2.45, 2.75) is 18.8 Å². The maximum absolute atomic E-state index is 12.6. The van der Waals surface area contributed by atoms with Crippen molar-refractivity contribution in [2.24, 2.45) is 7.05 Å². The van der Waals surface area contributed by atoms with Gasteiger partial charge in [-0.1, -0.05) is 0 Å². The van der Waals surface area contributed by atoms with E-state index in [0.29, 0.717) is 11.5 Å². The molecular formula is C18H20N6O3. The first-order valence-electron chi connectivity index (χ1n) is 8.85. The van der Waals surface area contributed by atoms with Gasteiger partial charge in [-0.05, 0) is 44.1 Å². The molecule has 140 valence electrons. The van der Waals surface area contributed by atoms with Crippen LogP contribution in [-0.4, -0.2) is 57.5 Å². The van der Waals surface area contributed by atoms with Crippen LogP contribution in [0.4, 0.5) is 5.95 Å². The summed E-state index contributed by atoms with van der Waals surface area (Å²) in [6, 6.07) is 4.48. The molecule has 2 aliphatic heterocycles. The van der Waals surface area contributed by atoms with E-state index in [-0.39, 0.29) is 23.0 Å². The molecule has 0 aliphatic carbocycles. The fourth-order valence-electron chi connectivity index (χ4n) is 3.44. The molecule has 2 N–H and O–H groups in total. The zero-order chi connectivity index (χ0) is 19.1. The van der Waals surface area contributed by atoms with Crippen LogP contribution in [0.2, 0.25) is 0 Å². The van der Waals surface area contributed by atoms with E-state index in [1.165, 1.54) is 25.2 Å². The van der Waals surface area contributed by atoms with Crippen molar-refractivity contribution in [1.82, 2.24) is 25.0 Å². The van der Waals surface area contributed by atoms with E-state index in [4.69, 9.17) is 0 Å². The van der Waals surface area contributed by atoms with Crippen LogP contribution in [0.15, 0.2) is 18.2 Å². The van der Waals surface area contributed by atoms with Crippen molar-refractivity contribution in [2.75, 3.05) is 25.5 Å². The van der Waals surface area contributed by atoms with Crippen LogP contribution >= 0.6 is 0 Å². The van der Waals surface area contributed by atoms with E-state index >= 15 is 0 Å². The van der Waals surface area contributed by atoms with E-state index < -0.39 is 11.8 Å². The number of fused-ring (bicyclic) bond motifs is 1. The number of hydrogen-bond acceptors (Lipinski definition) is 6. The van der Waals surface area contributed by atoms with Crippen LogP contribution in [0.3, 0.4) is 0 Å². The van der Waals surface area contributed by atoms with Gasteiger partial charge in [-0.25, -0.2) is 4.68 Å². The van der Waals surface area contributed by atoms with Crippen molar-refractivity contribution >= 4 is 23.7 Å². The summed E-state index contributed by atoms with van der Waals surface area (Å²) in [5.41, 5.74) is 0.839. The molecule has 9 nitrogen and oxygen atoms in total. The molecular weight excluding hydrogens is 348 g/mol. The van der Waals surface area contributed by atoms with Crippen LogP contribution in [0.1, 0.15) is 55.7 Å². The van der Waals surface area contributed by atoms with Crippen molar-refractivity contribution in [1.29, 1.82) is 0 Å². The van der Waals surface area contributed by atoms with Crippen molar-refractivity contribution in [3.63, 3.8) is 0 Å². The highest BCUT2D eigenvalue weighted by Gasteiger charge is 2.33. The lowest BCUT2D eigenvalue weighted by molar-refractivity contribution is 0.0693. The molecule has 9 heteroatoms. The highest BCUT2D eigenvalue weighted by atomic mass is 16.2. The monoisotopic (exact) mass is 368 g/mol. The number of amides is 3. The summed E-state index contributed by atoms with van der Waals surface area (Å²) >= 11 is 0. The maximum Gasteiger partial charge on any atom is 0.261 e. The van der Waals surface area contributed by atoms with Crippen LogP contribution in [0, 0.1) is 0 Å². The van der Waals surface area contributed by atoms with E-state index in [0.717, 1.165) is 36.7 Å². The Balaban J connectivity index is 1.54. The molecule has 27 heavy (non-hydrogen) atoms. The van der Waals surface area contributed by atoms with E-state index in [1.54, 1.807) is 11.7 Å². The summed E-state index contributed by atoms with van der Waals surface area (Å²) in [5.74, 6) is 0.194. The first-order chi connectivity index (χ1) is 13.0. The molecule has 0 spiro atoms. The standard InChI is InChI=1S/C18H20N6O3/c1-23-16(26)12-4-3-11(9-13(12)17(23)27)15(25)21-18-20-14(22-24(18)2)10-5-7-19-8-6-10/h3-4,9-10,19H,5-8H2,1-2H3,(H,20,21,22,25). The molecule has 0 atom stereocenters. The molecule has 3 heterocycles. The van der Waals surface area contributed by atoms with Gasteiger partial charge in [-0.15, -0.1) is 0 Å². The van der Waals surface area contributed by atoms with Gasteiger partial charge in [-0.3, -0.25) is 24.6 Å². The zero-order valence-corrected chi connectivity index (χ0v) is 15.2. The number of carbonyl (C=O) groups excluding carboxylic acids is 3. The minimum Gasteiger partial charge on any atom is -0.317 e. The summed E-state index contributed by atoms with van der Waals surface area (Å²) in [4.78, 5) is 42.2. The van der Waals surface area contributed by atoms with Crippen LogP contribution in [0.5, 0.6) is 0 Å². The van der Waals surface area contributed by atoms with E-state index in [9.17, 15) is 14.4 Å². The number of imide groups is 1. The maximum atomic E-state index is 12.6. The number of benzene rings is 1. The Morgan fingerprint density at radius 2 is 1.85 bits per heavy atom. The highest BCUT2D eigenvalue weighted by Crippen LogP contribution is 2.25. The second kappa shape index (κ2) is 6.58. The molecule has 1 aromatic carbocycles. The van der Waals surface area contributed by atoms with Gasteiger partial charge >= 0.3 is 0 Å². The van der Waals surface area contributed by atoms with Gasteiger partial charge in [0, 0.05) is 25.6 Å². The normalized spacial score (nSPS) is 17.3. The minimum atomic E-state index is -0.406. The van der Waals surface area contributed by atoms with Gasteiger partial charge in [0.1, 0.15) is 0 Å². The fraction of sp³-hybridized carbons (Fsp3) is 0.389. The van der Waals surface area contributed by atoms with Gasteiger partial charge in [0.25, 0.3) is 17.7 Å². The summed E-state index contributed by atoms with van der Waals surface area (Å²) in [5, 5.41) is 10.5. The van der Waals surface area contributed by atoms with Crippen molar-refractivity contribution < 1.29 is 14.4 Å². The van der Waals surface area contributed by atoms with E-state index in [2.05, 4.69) is 20.7 Å². The fourth-order valence-corrected chi connectivity index (χ4v) is 3.44. The van der Waals surface area contributed by atoms with Crippen molar-refractivity contribution in [3.05, 3.63) is 40.7 Å². The third-order valence-electron chi connectivity index (χ3n) is 5.06. The number of hydrogen-bond donors (Lipinski definition) is 2. The molecule has 2 aliphatic rings. The largest absolute Gasteiger partial charge is 0.317 e. The first kappa shape index (κ1) is 17.3. The number of anilines is 1. The number of nitrogens with one attached hydrogen (secondary N) is 2. The van der Waals surface area contributed by atoms with Crippen LogP contribution < -0.4 is 10.6 Å². The van der Waals surface area contributed by atoms with Gasteiger partial charge in [0.15, 0.2) is 5.82 Å². The molecule has 1 saturated heterocycles. The Morgan fingerprint density at radius 1 is 1.15 bits per heavy atom. The molecule has 0 saturated carbocycles.